The maximum atomic E-state index is 12.7. The Morgan fingerprint density at radius 1 is 1.36 bits per heavy atom. The minimum Gasteiger partial charge on any atom is -0.496 e. The lowest BCUT2D eigenvalue weighted by atomic mass is 9.98. The molecule has 1 atom stereocenters. The molecule has 2 heterocycles. The quantitative estimate of drug-likeness (QED) is 0.744. The van der Waals surface area contributed by atoms with Gasteiger partial charge in [-0.3, -0.25) is 4.79 Å². The molecule has 8 heteroatoms. The van der Waals surface area contributed by atoms with Gasteiger partial charge in [-0.05, 0) is 49.3 Å². The molecule has 28 heavy (non-hydrogen) atoms. The average molecular weight is 423 g/mol. The third-order valence-corrected chi connectivity index (χ3v) is 8.21. The van der Waals surface area contributed by atoms with Crippen LogP contribution in [0.1, 0.15) is 24.0 Å². The molecule has 2 aromatic rings. The minimum atomic E-state index is -3.51. The Morgan fingerprint density at radius 3 is 2.89 bits per heavy atom. The van der Waals surface area contributed by atoms with Gasteiger partial charge in [0.15, 0.2) is 0 Å². The Labute approximate surface area is 170 Å². The second-order valence-corrected chi connectivity index (χ2v) is 10.1. The first-order chi connectivity index (χ1) is 13.4. The number of carbonyl (C=O) groups excluding carboxylic acids is 1. The van der Waals surface area contributed by atoms with E-state index in [-0.39, 0.29) is 18.4 Å². The molecular weight excluding hydrogens is 396 g/mol. The highest BCUT2D eigenvalue weighted by Gasteiger charge is 2.33. The molecule has 0 radical (unpaired) electrons. The molecule has 1 amide bonds. The van der Waals surface area contributed by atoms with E-state index in [0.29, 0.717) is 36.6 Å². The van der Waals surface area contributed by atoms with Gasteiger partial charge in [-0.2, -0.15) is 4.31 Å². The number of aryl methyl sites for hydroxylation is 1. The third kappa shape index (κ3) is 4.74. The minimum absolute atomic E-state index is 0.0855. The lowest BCUT2D eigenvalue weighted by Crippen LogP contribution is -2.45. The van der Waals surface area contributed by atoms with Gasteiger partial charge < -0.3 is 10.1 Å². The molecule has 0 spiro atoms. The molecule has 1 aliphatic heterocycles. The van der Waals surface area contributed by atoms with Gasteiger partial charge in [-0.1, -0.05) is 23.8 Å². The summed E-state index contributed by atoms with van der Waals surface area (Å²) in [5.41, 5.74) is 2.19. The smallest absolute Gasteiger partial charge is 0.252 e. The van der Waals surface area contributed by atoms with Crippen molar-refractivity contribution in [1.82, 2.24) is 9.62 Å². The summed E-state index contributed by atoms with van der Waals surface area (Å²) in [5.74, 6) is 0.409. The molecule has 0 bridgehead atoms. The van der Waals surface area contributed by atoms with E-state index in [9.17, 15) is 13.2 Å². The molecule has 1 N–H and O–H groups in total. The number of nitrogens with one attached hydrogen (secondary N) is 1. The number of hydrogen-bond acceptors (Lipinski definition) is 5. The summed E-state index contributed by atoms with van der Waals surface area (Å²) in [6.07, 6.45) is 2.06. The van der Waals surface area contributed by atoms with Crippen molar-refractivity contribution in [3.05, 3.63) is 46.8 Å². The first-order valence-electron chi connectivity index (χ1n) is 9.36. The fourth-order valence-corrected chi connectivity index (χ4v) is 6.15. The Bertz CT molecular complexity index is 910. The number of rotatable bonds is 7. The summed E-state index contributed by atoms with van der Waals surface area (Å²) in [6, 6.07) is 9.32. The van der Waals surface area contributed by atoms with E-state index in [2.05, 4.69) is 11.4 Å². The number of thiophene rings is 1. The van der Waals surface area contributed by atoms with Crippen LogP contribution in [0.3, 0.4) is 0 Å². The molecule has 1 fully saturated rings. The van der Waals surface area contributed by atoms with Gasteiger partial charge in [0.1, 0.15) is 9.96 Å². The number of piperidine rings is 1. The van der Waals surface area contributed by atoms with Crippen LogP contribution >= 0.6 is 11.3 Å². The van der Waals surface area contributed by atoms with Gasteiger partial charge in [-0.25, -0.2) is 8.42 Å². The van der Waals surface area contributed by atoms with Crippen molar-refractivity contribution in [3.63, 3.8) is 0 Å². The van der Waals surface area contributed by atoms with Crippen LogP contribution < -0.4 is 10.1 Å². The van der Waals surface area contributed by atoms with Gasteiger partial charge in [-0.15, -0.1) is 11.3 Å². The number of carbonyl (C=O) groups is 1. The number of nitrogens with zero attached hydrogens (tertiary/aromatic N) is 1. The van der Waals surface area contributed by atoms with Crippen LogP contribution in [0.2, 0.25) is 0 Å². The standard InChI is InChI=1S/C20H26N2O4S2/c1-15-7-8-18(26-2)16(13-15)9-10-21-20(23)17-5-3-11-22(14-17)28(24,25)19-6-4-12-27-19/h4,6-8,12-13,17H,3,5,9-11,14H2,1-2H3,(H,21,23)/t17-/m0/s1. The van der Waals surface area contributed by atoms with Crippen molar-refractivity contribution < 1.29 is 17.9 Å². The number of amides is 1. The monoisotopic (exact) mass is 422 g/mol. The highest BCUT2D eigenvalue weighted by atomic mass is 32.2. The number of hydrogen-bond donors (Lipinski definition) is 1. The largest absolute Gasteiger partial charge is 0.496 e. The summed E-state index contributed by atoms with van der Waals surface area (Å²) in [4.78, 5) is 12.6. The maximum Gasteiger partial charge on any atom is 0.252 e. The van der Waals surface area contributed by atoms with Crippen molar-refractivity contribution in [2.45, 2.75) is 30.4 Å². The van der Waals surface area contributed by atoms with E-state index in [0.717, 1.165) is 16.9 Å². The average Bonchev–Trinajstić information content (AvgIpc) is 3.24. The molecular formula is C20H26N2O4S2. The summed E-state index contributed by atoms with van der Waals surface area (Å²) in [5, 5.41) is 4.72. The zero-order valence-electron chi connectivity index (χ0n) is 16.2. The molecule has 6 nitrogen and oxygen atoms in total. The molecule has 1 aromatic carbocycles. The summed E-state index contributed by atoms with van der Waals surface area (Å²) in [6.45, 7) is 3.21. The van der Waals surface area contributed by atoms with Crippen LogP contribution in [-0.2, 0) is 21.2 Å². The zero-order valence-corrected chi connectivity index (χ0v) is 17.8. The number of benzene rings is 1. The Morgan fingerprint density at radius 2 is 2.18 bits per heavy atom. The molecule has 0 unspecified atom stereocenters. The van der Waals surface area contributed by atoms with Gasteiger partial charge in [0.2, 0.25) is 5.91 Å². The van der Waals surface area contributed by atoms with Crippen LogP contribution in [0.15, 0.2) is 39.9 Å². The molecule has 1 aromatic heterocycles. The fraction of sp³-hybridized carbons (Fsp3) is 0.450. The van der Waals surface area contributed by atoms with Gasteiger partial charge in [0, 0.05) is 19.6 Å². The van der Waals surface area contributed by atoms with Crippen LogP contribution in [0.25, 0.3) is 0 Å². The predicted molar refractivity (Wildman–Crippen MR) is 110 cm³/mol. The van der Waals surface area contributed by atoms with Crippen molar-refractivity contribution in [3.8, 4) is 5.75 Å². The lowest BCUT2D eigenvalue weighted by molar-refractivity contribution is -0.126. The first kappa shape index (κ1) is 20.8. The highest BCUT2D eigenvalue weighted by molar-refractivity contribution is 7.91. The van der Waals surface area contributed by atoms with Crippen molar-refractivity contribution in [2.75, 3.05) is 26.7 Å². The zero-order chi connectivity index (χ0) is 20.1. The third-order valence-electron chi connectivity index (χ3n) is 4.97. The first-order valence-corrected chi connectivity index (χ1v) is 11.7. The van der Waals surface area contributed by atoms with E-state index in [1.54, 1.807) is 24.6 Å². The fourth-order valence-electron chi connectivity index (χ4n) is 3.48. The van der Waals surface area contributed by atoms with Crippen LogP contribution in [0.5, 0.6) is 5.75 Å². The summed E-state index contributed by atoms with van der Waals surface area (Å²) < 4.78 is 32.6. The second kappa shape index (κ2) is 9.07. The highest BCUT2D eigenvalue weighted by Crippen LogP contribution is 2.26. The van der Waals surface area contributed by atoms with Crippen LogP contribution in [-0.4, -0.2) is 45.4 Å². The van der Waals surface area contributed by atoms with Gasteiger partial charge >= 0.3 is 0 Å². The molecule has 152 valence electrons. The summed E-state index contributed by atoms with van der Waals surface area (Å²) in [7, 11) is -1.87. The van der Waals surface area contributed by atoms with E-state index in [1.165, 1.54) is 15.6 Å². The Hall–Kier alpha value is -1.90. The van der Waals surface area contributed by atoms with E-state index < -0.39 is 10.0 Å². The topological polar surface area (TPSA) is 75.7 Å². The van der Waals surface area contributed by atoms with Crippen LogP contribution in [0, 0.1) is 12.8 Å². The maximum absolute atomic E-state index is 12.7. The lowest BCUT2D eigenvalue weighted by Gasteiger charge is -2.30. The number of sulfonamides is 1. The van der Waals surface area contributed by atoms with E-state index in [4.69, 9.17) is 4.74 Å². The SMILES string of the molecule is COc1ccc(C)cc1CCNC(=O)[C@H]1CCCN(S(=O)(=O)c2cccs2)C1. The molecule has 3 rings (SSSR count). The van der Waals surface area contributed by atoms with E-state index >= 15 is 0 Å². The Kier molecular flexibility index (Phi) is 6.74. The van der Waals surface area contributed by atoms with Crippen molar-refractivity contribution in [2.24, 2.45) is 5.92 Å². The number of methoxy groups -OCH3 is 1. The summed E-state index contributed by atoms with van der Waals surface area (Å²) >= 11 is 1.21. The molecule has 1 saturated heterocycles. The predicted octanol–water partition coefficient (Wildman–Crippen LogP) is 2.82. The van der Waals surface area contributed by atoms with Gasteiger partial charge in [0.25, 0.3) is 10.0 Å². The van der Waals surface area contributed by atoms with E-state index in [1.807, 2.05) is 19.1 Å². The number of ether oxygens (including phenoxy) is 1. The van der Waals surface area contributed by atoms with Crippen LogP contribution in [0.4, 0.5) is 0 Å². The normalized spacial score (nSPS) is 18.0. The van der Waals surface area contributed by atoms with Crippen molar-refractivity contribution in [1.29, 1.82) is 0 Å². The Balaban J connectivity index is 1.57. The molecule has 0 aliphatic carbocycles. The van der Waals surface area contributed by atoms with Gasteiger partial charge in [0.05, 0.1) is 13.0 Å². The molecule has 0 saturated carbocycles. The van der Waals surface area contributed by atoms with Crippen molar-refractivity contribution >= 4 is 27.3 Å². The molecule has 1 aliphatic rings. The second-order valence-electron chi connectivity index (χ2n) is 6.99.